The Hall–Kier alpha value is -1.15. The Labute approximate surface area is 143 Å². The average molecular weight is 362 g/mol. The summed E-state index contributed by atoms with van der Waals surface area (Å²) in [6.07, 6.45) is 2.59. The second-order valence-corrected chi connectivity index (χ2v) is 7.45. The zero-order chi connectivity index (χ0) is 16.2. The molecule has 2 unspecified atom stereocenters. The molecule has 1 heterocycles. The van der Waals surface area contributed by atoms with Crippen molar-refractivity contribution in [1.82, 2.24) is 15.4 Å². The third-order valence-electron chi connectivity index (χ3n) is 3.91. The molecule has 1 aliphatic rings. The lowest BCUT2D eigenvalue weighted by molar-refractivity contribution is -0.122. The highest BCUT2D eigenvalue weighted by molar-refractivity contribution is 7.89. The predicted octanol–water partition coefficient (Wildman–Crippen LogP) is 1.34. The van der Waals surface area contributed by atoms with E-state index in [4.69, 9.17) is 0 Å². The summed E-state index contributed by atoms with van der Waals surface area (Å²) >= 11 is 0. The number of carbonyl (C=O) groups is 1. The van der Waals surface area contributed by atoms with Crippen molar-refractivity contribution in [3.05, 3.63) is 29.8 Å². The number of carbonyl (C=O) groups excluding carboxylic acids is 1. The Kier molecular flexibility index (Phi) is 7.47. The first-order valence-electron chi connectivity index (χ1n) is 7.48. The fraction of sp³-hybridized carbons (Fsp3) is 0.533. The van der Waals surface area contributed by atoms with Gasteiger partial charge in [-0.05, 0) is 51.1 Å². The Morgan fingerprint density at radius 2 is 2.17 bits per heavy atom. The predicted molar refractivity (Wildman–Crippen MR) is 92.1 cm³/mol. The van der Waals surface area contributed by atoms with Crippen LogP contribution in [0.25, 0.3) is 0 Å². The minimum atomic E-state index is -3.47. The maximum absolute atomic E-state index is 12.0. The molecule has 8 heteroatoms. The van der Waals surface area contributed by atoms with Crippen LogP contribution < -0.4 is 15.4 Å². The third-order valence-corrected chi connectivity index (χ3v) is 5.32. The van der Waals surface area contributed by atoms with Gasteiger partial charge in [0, 0.05) is 12.5 Å². The Morgan fingerprint density at radius 3 is 2.78 bits per heavy atom. The second kappa shape index (κ2) is 8.63. The van der Waals surface area contributed by atoms with Crippen molar-refractivity contribution >= 4 is 28.3 Å². The van der Waals surface area contributed by atoms with Gasteiger partial charge in [-0.25, -0.2) is 13.1 Å². The summed E-state index contributed by atoms with van der Waals surface area (Å²) in [5.74, 6) is -0.0197. The van der Waals surface area contributed by atoms with E-state index in [0.717, 1.165) is 24.9 Å². The van der Waals surface area contributed by atoms with E-state index in [-0.39, 0.29) is 35.3 Å². The van der Waals surface area contributed by atoms with Crippen LogP contribution in [0.1, 0.15) is 37.8 Å². The number of hydrogen-bond acceptors (Lipinski definition) is 4. The first-order valence-corrected chi connectivity index (χ1v) is 8.97. The SMILES string of the molecule is CNS(=O)(=O)c1cccc(C(C)NC(=O)CC2CCCN2)c1.Cl. The van der Waals surface area contributed by atoms with Gasteiger partial charge < -0.3 is 10.6 Å². The van der Waals surface area contributed by atoms with Crippen LogP contribution in [0.3, 0.4) is 0 Å². The summed E-state index contributed by atoms with van der Waals surface area (Å²) in [6.45, 7) is 2.82. The lowest BCUT2D eigenvalue weighted by atomic mass is 10.1. The Morgan fingerprint density at radius 1 is 1.43 bits per heavy atom. The normalized spacial score (nSPS) is 19.0. The number of halogens is 1. The van der Waals surface area contributed by atoms with Crippen LogP contribution in [-0.4, -0.2) is 34.0 Å². The summed E-state index contributed by atoms with van der Waals surface area (Å²) in [6, 6.07) is 6.63. The summed E-state index contributed by atoms with van der Waals surface area (Å²) in [7, 11) is -2.10. The van der Waals surface area contributed by atoms with E-state index < -0.39 is 10.0 Å². The van der Waals surface area contributed by atoms with Crippen LogP contribution in [0.15, 0.2) is 29.2 Å². The molecule has 2 atom stereocenters. The molecule has 1 aromatic rings. The molecule has 1 aromatic carbocycles. The topological polar surface area (TPSA) is 87.3 Å². The Bertz CT molecular complexity index is 631. The molecule has 1 amide bonds. The quantitative estimate of drug-likeness (QED) is 0.713. The van der Waals surface area contributed by atoms with E-state index in [9.17, 15) is 13.2 Å². The molecule has 1 fully saturated rings. The molecule has 130 valence electrons. The first kappa shape index (κ1) is 19.9. The molecule has 0 radical (unpaired) electrons. The van der Waals surface area contributed by atoms with Crippen LogP contribution in [0.4, 0.5) is 0 Å². The average Bonchev–Trinajstić information content (AvgIpc) is 3.00. The van der Waals surface area contributed by atoms with E-state index in [1.165, 1.54) is 13.1 Å². The number of hydrogen-bond donors (Lipinski definition) is 3. The van der Waals surface area contributed by atoms with Crippen molar-refractivity contribution in [3.63, 3.8) is 0 Å². The van der Waals surface area contributed by atoms with Crippen molar-refractivity contribution in [1.29, 1.82) is 0 Å². The van der Waals surface area contributed by atoms with Crippen molar-refractivity contribution in [2.45, 2.75) is 43.2 Å². The summed E-state index contributed by atoms with van der Waals surface area (Å²) in [5, 5.41) is 6.21. The molecule has 0 spiro atoms. The van der Waals surface area contributed by atoms with Gasteiger partial charge >= 0.3 is 0 Å². The van der Waals surface area contributed by atoms with Crippen LogP contribution in [0, 0.1) is 0 Å². The van der Waals surface area contributed by atoms with E-state index in [2.05, 4.69) is 15.4 Å². The largest absolute Gasteiger partial charge is 0.350 e. The van der Waals surface area contributed by atoms with Crippen molar-refractivity contribution < 1.29 is 13.2 Å². The van der Waals surface area contributed by atoms with E-state index in [1.807, 2.05) is 13.0 Å². The van der Waals surface area contributed by atoms with Crippen LogP contribution in [-0.2, 0) is 14.8 Å². The van der Waals surface area contributed by atoms with Crippen molar-refractivity contribution in [2.75, 3.05) is 13.6 Å². The van der Waals surface area contributed by atoms with Gasteiger partial charge in [0.05, 0.1) is 10.9 Å². The molecule has 2 rings (SSSR count). The Balaban J connectivity index is 0.00000264. The molecule has 0 saturated carbocycles. The smallest absolute Gasteiger partial charge is 0.240 e. The van der Waals surface area contributed by atoms with Gasteiger partial charge in [-0.1, -0.05) is 12.1 Å². The molecule has 1 saturated heterocycles. The monoisotopic (exact) mass is 361 g/mol. The number of rotatable bonds is 6. The highest BCUT2D eigenvalue weighted by atomic mass is 35.5. The fourth-order valence-electron chi connectivity index (χ4n) is 2.61. The summed E-state index contributed by atoms with van der Waals surface area (Å²) in [5.41, 5.74) is 0.768. The summed E-state index contributed by atoms with van der Waals surface area (Å²) < 4.78 is 25.9. The van der Waals surface area contributed by atoms with Gasteiger partial charge in [-0.15, -0.1) is 12.4 Å². The van der Waals surface area contributed by atoms with Crippen LogP contribution in [0.5, 0.6) is 0 Å². The molecule has 23 heavy (non-hydrogen) atoms. The third kappa shape index (κ3) is 5.46. The van der Waals surface area contributed by atoms with Crippen molar-refractivity contribution in [3.8, 4) is 0 Å². The molecule has 1 aliphatic heterocycles. The minimum Gasteiger partial charge on any atom is -0.350 e. The summed E-state index contributed by atoms with van der Waals surface area (Å²) in [4.78, 5) is 12.2. The van der Waals surface area contributed by atoms with E-state index >= 15 is 0 Å². The van der Waals surface area contributed by atoms with Crippen LogP contribution in [0.2, 0.25) is 0 Å². The second-order valence-electron chi connectivity index (χ2n) is 5.57. The van der Waals surface area contributed by atoms with Gasteiger partial charge in [0.2, 0.25) is 15.9 Å². The van der Waals surface area contributed by atoms with Gasteiger partial charge in [0.15, 0.2) is 0 Å². The fourth-order valence-corrected chi connectivity index (χ4v) is 3.39. The molecule has 6 nitrogen and oxygen atoms in total. The molecule has 0 aliphatic carbocycles. The van der Waals surface area contributed by atoms with Crippen molar-refractivity contribution in [2.24, 2.45) is 0 Å². The maximum Gasteiger partial charge on any atom is 0.240 e. The van der Waals surface area contributed by atoms with Gasteiger partial charge in [-0.2, -0.15) is 0 Å². The minimum absolute atomic E-state index is 0. The first-order chi connectivity index (χ1) is 10.4. The molecule has 0 bridgehead atoms. The van der Waals surface area contributed by atoms with E-state index in [1.54, 1.807) is 12.1 Å². The molecule has 0 aromatic heterocycles. The van der Waals surface area contributed by atoms with Gasteiger partial charge in [-0.3, -0.25) is 4.79 Å². The number of benzene rings is 1. The standard InChI is InChI=1S/C15H23N3O3S.ClH/c1-11(18-15(19)10-13-6-4-8-17-13)12-5-3-7-14(9-12)22(20,21)16-2;/h3,5,7,9,11,13,16-17H,4,6,8,10H2,1-2H3,(H,18,19);1H. The zero-order valence-corrected chi connectivity index (χ0v) is 15.0. The number of amides is 1. The van der Waals surface area contributed by atoms with Gasteiger partial charge in [0.25, 0.3) is 0 Å². The number of sulfonamides is 1. The molecular weight excluding hydrogens is 338 g/mol. The molecular formula is C15H24ClN3O3S. The molecule has 3 N–H and O–H groups in total. The van der Waals surface area contributed by atoms with Crippen LogP contribution >= 0.6 is 12.4 Å². The number of nitrogens with one attached hydrogen (secondary N) is 3. The van der Waals surface area contributed by atoms with E-state index in [0.29, 0.717) is 6.42 Å². The lowest BCUT2D eigenvalue weighted by Crippen LogP contribution is -2.33. The van der Waals surface area contributed by atoms with Gasteiger partial charge in [0.1, 0.15) is 0 Å². The highest BCUT2D eigenvalue weighted by Gasteiger charge is 2.19. The highest BCUT2D eigenvalue weighted by Crippen LogP contribution is 2.18. The zero-order valence-electron chi connectivity index (χ0n) is 13.3. The maximum atomic E-state index is 12.0. The lowest BCUT2D eigenvalue weighted by Gasteiger charge is -2.17.